The molecule has 0 aliphatic heterocycles. The molecule has 0 radical (unpaired) electrons. The van der Waals surface area contributed by atoms with Gasteiger partial charge in [0.25, 0.3) is 0 Å². The van der Waals surface area contributed by atoms with Crippen molar-refractivity contribution in [3.8, 4) is 22.6 Å². The molecule has 0 bridgehead atoms. The van der Waals surface area contributed by atoms with Gasteiger partial charge in [-0.25, -0.2) is 9.97 Å². The van der Waals surface area contributed by atoms with E-state index in [1.54, 1.807) is 0 Å². The first-order chi connectivity index (χ1) is 9.72. The largest absolute Gasteiger partial charge is 0.233 e. The summed E-state index contributed by atoms with van der Waals surface area (Å²) < 4.78 is 0. The molecule has 0 saturated carbocycles. The fraction of sp³-hybridized carbons (Fsp3) is 0.0588. The Labute approximate surface area is 123 Å². The third-order valence-electron chi connectivity index (χ3n) is 3.03. The molecule has 1 heterocycles. The van der Waals surface area contributed by atoms with Crippen molar-refractivity contribution in [1.82, 2.24) is 9.97 Å². The van der Waals surface area contributed by atoms with Crippen molar-refractivity contribution in [1.29, 1.82) is 0 Å². The number of halogens is 1. The number of aromatic nitrogens is 2. The summed E-state index contributed by atoms with van der Waals surface area (Å²) in [6.07, 6.45) is 0. The van der Waals surface area contributed by atoms with Crippen LogP contribution in [0.15, 0.2) is 60.7 Å². The highest BCUT2D eigenvalue weighted by Gasteiger charge is 2.06. The molecule has 0 unspecified atom stereocenters. The number of hydrogen-bond donors (Lipinski definition) is 0. The van der Waals surface area contributed by atoms with Gasteiger partial charge in [0.15, 0.2) is 5.82 Å². The summed E-state index contributed by atoms with van der Waals surface area (Å²) in [6.45, 7) is 1.98. The molecule has 3 aromatic rings. The molecule has 0 N–H and O–H groups in total. The van der Waals surface area contributed by atoms with Crippen LogP contribution in [-0.4, -0.2) is 9.97 Å². The van der Waals surface area contributed by atoms with Gasteiger partial charge >= 0.3 is 0 Å². The lowest BCUT2D eigenvalue weighted by atomic mass is 10.1. The zero-order valence-corrected chi connectivity index (χ0v) is 11.8. The van der Waals surface area contributed by atoms with E-state index in [0.29, 0.717) is 0 Å². The minimum Gasteiger partial charge on any atom is -0.233 e. The van der Waals surface area contributed by atoms with E-state index in [9.17, 15) is 0 Å². The van der Waals surface area contributed by atoms with E-state index in [1.807, 2.05) is 67.6 Å². The Balaban J connectivity index is 2.09. The van der Waals surface area contributed by atoms with E-state index < -0.39 is 0 Å². The van der Waals surface area contributed by atoms with E-state index in [4.69, 9.17) is 11.6 Å². The van der Waals surface area contributed by atoms with Gasteiger partial charge in [0.05, 0.1) is 5.69 Å². The van der Waals surface area contributed by atoms with E-state index in [-0.39, 0.29) is 0 Å². The van der Waals surface area contributed by atoms with Gasteiger partial charge in [-0.1, -0.05) is 54.1 Å². The van der Waals surface area contributed by atoms with Crippen molar-refractivity contribution in [2.45, 2.75) is 6.92 Å². The summed E-state index contributed by atoms with van der Waals surface area (Å²) in [5.41, 5.74) is 3.92. The molecule has 20 heavy (non-hydrogen) atoms. The van der Waals surface area contributed by atoms with Gasteiger partial charge in [0.1, 0.15) is 0 Å². The molecule has 0 saturated heterocycles. The Bertz CT molecular complexity index is 722. The summed E-state index contributed by atoms with van der Waals surface area (Å²) in [7, 11) is 0. The van der Waals surface area contributed by atoms with Crippen LogP contribution in [0.4, 0.5) is 0 Å². The first-order valence-electron chi connectivity index (χ1n) is 6.39. The lowest BCUT2D eigenvalue weighted by Gasteiger charge is -2.06. The van der Waals surface area contributed by atoms with Crippen molar-refractivity contribution < 1.29 is 0 Å². The van der Waals surface area contributed by atoms with Crippen molar-refractivity contribution in [2.75, 3.05) is 0 Å². The predicted octanol–water partition coefficient (Wildman–Crippen LogP) is 4.77. The van der Waals surface area contributed by atoms with Crippen LogP contribution < -0.4 is 0 Å². The number of hydrogen-bond acceptors (Lipinski definition) is 2. The van der Waals surface area contributed by atoms with Crippen LogP contribution >= 0.6 is 11.6 Å². The second kappa shape index (κ2) is 5.43. The summed E-state index contributed by atoms with van der Waals surface area (Å²) in [6, 6.07) is 19.7. The van der Waals surface area contributed by atoms with E-state index in [1.165, 1.54) is 0 Å². The molecular formula is C17H13ClN2. The minimum absolute atomic E-state index is 0.725. The van der Waals surface area contributed by atoms with Crippen molar-refractivity contribution in [3.05, 3.63) is 71.4 Å². The monoisotopic (exact) mass is 280 g/mol. The zero-order valence-electron chi connectivity index (χ0n) is 11.0. The Morgan fingerprint density at radius 2 is 1.50 bits per heavy atom. The molecule has 0 fully saturated rings. The highest BCUT2D eigenvalue weighted by molar-refractivity contribution is 6.30. The van der Waals surface area contributed by atoms with Crippen LogP contribution in [0, 0.1) is 6.92 Å². The van der Waals surface area contributed by atoms with Gasteiger partial charge < -0.3 is 0 Å². The molecule has 1 aromatic heterocycles. The van der Waals surface area contributed by atoms with E-state index in [2.05, 4.69) is 9.97 Å². The van der Waals surface area contributed by atoms with Gasteiger partial charge in [-0.3, -0.25) is 0 Å². The average molecular weight is 281 g/mol. The molecule has 0 aliphatic rings. The van der Waals surface area contributed by atoms with Gasteiger partial charge in [-0.15, -0.1) is 0 Å². The highest BCUT2D eigenvalue weighted by atomic mass is 35.5. The normalized spacial score (nSPS) is 10.5. The number of benzene rings is 2. The minimum atomic E-state index is 0.725. The summed E-state index contributed by atoms with van der Waals surface area (Å²) in [5.74, 6) is 0.746. The third-order valence-corrected chi connectivity index (χ3v) is 3.28. The standard InChI is InChI=1S/C17H13ClN2/c1-12-11-16(13-7-9-15(18)10-8-13)20-17(19-12)14-5-3-2-4-6-14/h2-11H,1H3. The Kier molecular flexibility index (Phi) is 3.48. The number of aryl methyl sites for hydroxylation is 1. The van der Waals surface area contributed by atoms with Crippen LogP contribution in [-0.2, 0) is 0 Å². The topological polar surface area (TPSA) is 25.8 Å². The van der Waals surface area contributed by atoms with Crippen LogP contribution in [0.25, 0.3) is 22.6 Å². The molecule has 0 spiro atoms. The summed E-state index contributed by atoms with van der Waals surface area (Å²) in [4.78, 5) is 9.16. The molecule has 0 amide bonds. The molecule has 3 rings (SSSR count). The molecular weight excluding hydrogens is 268 g/mol. The number of nitrogens with zero attached hydrogens (tertiary/aromatic N) is 2. The molecule has 2 nitrogen and oxygen atoms in total. The van der Waals surface area contributed by atoms with Crippen molar-refractivity contribution >= 4 is 11.6 Å². The summed E-state index contributed by atoms with van der Waals surface area (Å²) >= 11 is 5.92. The SMILES string of the molecule is Cc1cc(-c2ccc(Cl)cc2)nc(-c2ccccc2)n1. The first-order valence-corrected chi connectivity index (χ1v) is 6.77. The average Bonchev–Trinajstić information content (AvgIpc) is 2.48. The van der Waals surface area contributed by atoms with Crippen molar-refractivity contribution in [2.24, 2.45) is 0 Å². The lowest BCUT2D eigenvalue weighted by molar-refractivity contribution is 1.11. The second-order valence-corrected chi connectivity index (χ2v) is 5.03. The third kappa shape index (κ3) is 2.70. The van der Waals surface area contributed by atoms with Crippen LogP contribution in [0.3, 0.4) is 0 Å². The molecule has 2 aromatic carbocycles. The Hall–Kier alpha value is -2.19. The van der Waals surface area contributed by atoms with Crippen LogP contribution in [0.1, 0.15) is 5.69 Å². The van der Waals surface area contributed by atoms with Crippen LogP contribution in [0.5, 0.6) is 0 Å². The maximum absolute atomic E-state index is 5.92. The number of rotatable bonds is 2. The van der Waals surface area contributed by atoms with Gasteiger partial charge in [0.2, 0.25) is 0 Å². The van der Waals surface area contributed by atoms with Gasteiger partial charge in [-0.05, 0) is 25.1 Å². The fourth-order valence-corrected chi connectivity index (χ4v) is 2.18. The molecule has 0 atom stereocenters. The van der Waals surface area contributed by atoms with E-state index >= 15 is 0 Å². The predicted molar refractivity (Wildman–Crippen MR) is 82.7 cm³/mol. The molecule has 98 valence electrons. The second-order valence-electron chi connectivity index (χ2n) is 4.59. The first kappa shape index (κ1) is 12.8. The Morgan fingerprint density at radius 3 is 2.20 bits per heavy atom. The fourth-order valence-electron chi connectivity index (χ4n) is 2.05. The maximum atomic E-state index is 5.92. The smallest absolute Gasteiger partial charge is 0.160 e. The lowest BCUT2D eigenvalue weighted by Crippen LogP contribution is -1.94. The van der Waals surface area contributed by atoms with Crippen LogP contribution in [0.2, 0.25) is 5.02 Å². The van der Waals surface area contributed by atoms with Gasteiger partial charge in [-0.2, -0.15) is 0 Å². The maximum Gasteiger partial charge on any atom is 0.160 e. The summed E-state index contributed by atoms with van der Waals surface area (Å²) in [5, 5.41) is 0.725. The zero-order chi connectivity index (χ0) is 13.9. The van der Waals surface area contributed by atoms with E-state index in [0.717, 1.165) is 33.4 Å². The quantitative estimate of drug-likeness (QED) is 0.675. The highest BCUT2D eigenvalue weighted by Crippen LogP contribution is 2.23. The Morgan fingerprint density at radius 1 is 0.800 bits per heavy atom. The van der Waals surface area contributed by atoms with Crippen molar-refractivity contribution in [3.63, 3.8) is 0 Å². The molecule has 3 heteroatoms. The van der Waals surface area contributed by atoms with Gasteiger partial charge in [0, 0.05) is 21.8 Å². The molecule has 0 aliphatic carbocycles.